The predicted octanol–water partition coefficient (Wildman–Crippen LogP) is 7.99. The molecule has 0 aliphatic rings. The maximum Gasteiger partial charge on any atom is 0.164 e. The standard InChI is InChI=1S/C18H14F2N.C11H20O2.Ir/c1-10-4-11(2)6-14(5-10)18-12(3)7-13-8-15(19)16(20)9-17(13)21-18;1-10(2,3)8(12)7-9(13)11(4,5)6;/h4-5,7-9H,1-3H3;7,12H,1-6H3;/q-1;;/b;8-7-;. The zero-order valence-corrected chi connectivity index (χ0v) is 24.3. The third kappa shape index (κ3) is 8.33. The largest absolute Gasteiger partial charge is 0.512 e. The van der Waals surface area contributed by atoms with E-state index in [1.54, 1.807) is 0 Å². The topological polar surface area (TPSA) is 50.2 Å². The smallest absolute Gasteiger partial charge is 0.164 e. The van der Waals surface area contributed by atoms with Crippen LogP contribution in [-0.2, 0) is 24.9 Å². The van der Waals surface area contributed by atoms with E-state index < -0.39 is 17.0 Å². The molecule has 3 nitrogen and oxygen atoms in total. The summed E-state index contributed by atoms with van der Waals surface area (Å²) in [6.07, 6.45) is 1.33. The summed E-state index contributed by atoms with van der Waals surface area (Å²) in [7, 11) is 0. The summed E-state index contributed by atoms with van der Waals surface area (Å²) in [4.78, 5) is 16.0. The second-order valence-corrected chi connectivity index (χ2v) is 10.8. The first-order chi connectivity index (χ1) is 15.5. The Hall–Kier alpha value is -2.43. The Balaban J connectivity index is 0.000000383. The van der Waals surface area contributed by atoms with E-state index >= 15 is 0 Å². The minimum atomic E-state index is -0.880. The van der Waals surface area contributed by atoms with Crippen LogP contribution in [0.25, 0.3) is 22.2 Å². The molecular weight excluding hydrogens is 625 g/mol. The number of hydrogen-bond acceptors (Lipinski definition) is 3. The van der Waals surface area contributed by atoms with Gasteiger partial charge in [-0.15, -0.1) is 34.9 Å². The van der Waals surface area contributed by atoms with E-state index in [2.05, 4.69) is 11.1 Å². The van der Waals surface area contributed by atoms with Gasteiger partial charge in [0.15, 0.2) is 17.4 Å². The van der Waals surface area contributed by atoms with Crippen molar-refractivity contribution < 1.29 is 38.8 Å². The molecule has 2 aromatic carbocycles. The van der Waals surface area contributed by atoms with Crippen LogP contribution in [0, 0.1) is 49.3 Å². The Morgan fingerprint density at radius 3 is 2.00 bits per heavy atom. The van der Waals surface area contributed by atoms with Crippen molar-refractivity contribution in [3.8, 4) is 11.3 Å². The van der Waals surface area contributed by atoms with Gasteiger partial charge in [0.05, 0.1) is 5.52 Å². The summed E-state index contributed by atoms with van der Waals surface area (Å²) >= 11 is 0. The Bertz CT molecular complexity index is 1230. The molecule has 0 spiro atoms. The van der Waals surface area contributed by atoms with Gasteiger partial charge in [-0.1, -0.05) is 67.0 Å². The monoisotopic (exact) mass is 659 g/mol. The van der Waals surface area contributed by atoms with Crippen molar-refractivity contribution in [1.82, 2.24) is 4.98 Å². The first kappa shape index (κ1) is 30.6. The molecule has 1 N–H and O–H groups in total. The third-order valence-corrected chi connectivity index (χ3v) is 5.23. The van der Waals surface area contributed by atoms with Gasteiger partial charge in [0.1, 0.15) is 5.76 Å². The van der Waals surface area contributed by atoms with E-state index in [4.69, 9.17) is 0 Å². The van der Waals surface area contributed by atoms with Crippen LogP contribution in [-0.4, -0.2) is 15.9 Å². The van der Waals surface area contributed by atoms with Crippen LogP contribution in [0.15, 0.2) is 42.2 Å². The zero-order chi connectivity index (χ0) is 26.0. The van der Waals surface area contributed by atoms with Gasteiger partial charge in [0.25, 0.3) is 0 Å². The van der Waals surface area contributed by atoms with Crippen molar-refractivity contribution in [2.24, 2.45) is 10.8 Å². The van der Waals surface area contributed by atoms with Gasteiger partial charge in [0, 0.05) is 48.5 Å². The first-order valence-corrected chi connectivity index (χ1v) is 11.2. The molecule has 1 aromatic heterocycles. The van der Waals surface area contributed by atoms with E-state index in [9.17, 15) is 18.7 Å². The number of carbonyl (C=O) groups is 1. The fourth-order valence-electron chi connectivity index (χ4n) is 3.13. The van der Waals surface area contributed by atoms with Crippen molar-refractivity contribution in [3.05, 3.63) is 76.6 Å². The van der Waals surface area contributed by atoms with E-state index in [0.717, 1.165) is 34.0 Å². The van der Waals surface area contributed by atoms with Crippen molar-refractivity contribution in [1.29, 1.82) is 0 Å². The summed E-state index contributed by atoms with van der Waals surface area (Å²) in [5.41, 5.74) is 4.36. The van der Waals surface area contributed by atoms with Crippen LogP contribution >= 0.6 is 0 Å². The number of hydrogen-bond donors (Lipinski definition) is 1. The fourth-order valence-corrected chi connectivity index (χ4v) is 3.13. The number of halogens is 2. The molecule has 0 saturated heterocycles. The van der Waals surface area contributed by atoms with Crippen LogP contribution in [0.2, 0.25) is 0 Å². The molecule has 35 heavy (non-hydrogen) atoms. The number of rotatable bonds is 2. The van der Waals surface area contributed by atoms with Gasteiger partial charge < -0.3 is 5.11 Å². The Morgan fingerprint density at radius 1 is 0.914 bits per heavy atom. The van der Waals surface area contributed by atoms with Gasteiger partial charge >= 0.3 is 0 Å². The van der Waals surface area contributed by atoms with Crippen LogP contribution < -0.4 is 0 Å². The summed E-state index contributed by atoms with van der Waals surface area (Å²) in [5.74, 6) is -1.63. The normalized spacial score (nSPS) is 12.0. The molecule has 191 valence electrons. The van der Waals surface area contributed by atoms with Crippen LogP contribution in [0.5, 0.6) is 0 Å². The van der Waals surface area contributed by atoms with Crippen molar-refractivity contribution >= 4 is 16.7 Å². The maximum atomic E-state index is 13.4. The number of aliphatic hydroxyl groups excluding tert-OH is 1. The fraction of sp³-hybridized carbons (Fsp3) is 0.379. The van der Waals surface area contributed by atoms with E-state index in [1.807, 2.05) is 80.5 Å². The molecule has 6 heteroatoms. The summed E-state index contributed by atoms with van der Waals surface area (Å²) in [6.45, 7) is 17.0. The van der Waals surface area contributed by atoms with Crippen LogP contribution in [0.4, 0.5) is 8.78 Å². The molecule has 0 aliphatic carbocycles. The first-order valence-electron chi connectivity index (χ1n) is 11.2. The van der Waals surface area contributed by atoms with Crippen molar-refractivity contribution in [2.75, 3.05) is 0 Å². The second kappa shape index (κ2) is 11.5. The quantitative estimate of drug-likeness (QED) is 0.173. The van der Waals surface area contributed by atoms with Crippen molar-refractivity contribution in [3.63, 3.8) is 0 Å². The number of carbonyl (C=O) groups excluding carboxylic acids is 1. The predicted molar refractivity (Wildman–Crippen MR) is 135 cm³/mol. The van der Waals surface area contributed by atoms with E-state index in [-0.39, 0.29) is 37.1 Å². The average molecular weight is 659 g/mol. The van der Waals surface area contributed by atoms with Crippen molar-refractivity contribution in [2.45, 2.75) is 62.3 Å². The van der Waals surface area contributed by atoms with Gasteiger partial charge in [-0.3, -0.25) is 9.78 Å². The minimum Gasteiger partial charge on any atom is -0.512 e. The number of aryl methyl sites for hydroxylation is 3. The number of allylic oxidation sites excluding steroid dienone is 2. The van der Waals surface area contributed by atoms with Crippen LogP contribution in [0.1, 0.15) is 58.2 Å². The summed E-state index contributed by atoms with van der Waals surface area (Å²) in [5, 5.41) is 10.2. The second-order valence-electron chi connectivity index (χ2n) is 10.8. The Labute approximate surface area is 221 Å². The molecule has 3 rings (SSSR count). The number of pyridine rings is 1. The molecular formula is C29H34F2IrNO2-. The Morgan fingerprint density at radius 2 is 1.49 bits per heavy atom. The molecule has 0 amide bonds. The number of fused-ring (bicyclic) bond motifs is 1. The number of ketones is 1. The van der Waals surface area contributed by atoms with Gasteiger partial charge in [-0.25, -0.2) is 8.78 Å². The zero-order valence-electron chi connectivity index (χ0n) is 21.9. The molecule has 0 unspecified atom stereocenters. The van der Waals surface area contributed by atoms with Crippen LogP contribution in [0.3, 0.4) is 0 Å². The minimum absolute atomic E-state index is 0. The van der Waals surface area contributed by atoms with Gasteiger partial charge in [-0.2, -0.15) is 0 Å². The molecule has 0 fully saturated rings. The molecule has 0 aliphatic heterocycles. The number of aliphatic hydroxyl groups is 1. The summed E-state index contributed by atoms with van der Waals surface area (Å²) in [6, 6.07) is 11.4. The van der Waals surface area contributed by atoms with E-state index in [0.29, 0.717) is 10.9 Å². The summed E-state index contributed by atoms with van der Waals surface area (Å²) < 4.78 is 26.7. The number of nitrogens with zero attached hydrogens (tertiary/aromatic N) is 1. The molecule has 1 radical (unpaired) electrons. The maximum absolute atomic E-state index is 13.4. The third-order valence-electron chi connectivity index (χ3n) is 5.23. The average Bonchev–Trinajstić information content (AvgIpc) is 2.67. The molecule has 0 saturated carbocycles. The Kier molecular flexibility index (Phi) is 10.1. The molecule has 0 bridgehead atoms. The molecule has 0 atom stereocenters. The molecule has 3 aromatic rings. The number of benzene rings is 2. The van der Waals surface area contributed by atoms with Gasteiger partial charge in [-0.05, 0) is 18.7 Å². The van der Waals surface area contributed by atoms with Gasteiger partial charge in [0.2, 0.25) is 0 Å². The molecule has 1 heterocycles. The SMILES string of the molecule is CC(C)(C)C(=O)/C=C(\O)C(C)(C)C.Cc1[c-]c(-c2nc3cc(F)c(F)cc3cc2C)cc(C)c1.[Ir]. The number of aromatic nitrogens is 1. The van der Waals surface area contributed by atoms with E-state index in [1.165, 1.54) is 12.1 Å².